The van der Waals surface area contributed by atoms with E-state index in [9.17, 15) is 18.0 Å². The van der Waals surface area contributed by atoms with E-state index in [1.165, 1.54) is 12.1 Å². The van der Waals surface area contributed by atoms with E-state index >= 15 is 0 Å². The van der Waals surface area contributed by atoms with Crippen LogP contribution in [-0.2, 0) is 11.0 Å². The fourth-order valence-electron chi connectivity index (χ4n) is 2.13. The van der Waals surface area contributed by atoms with Crippen LogP contribution in [0.25, 0.3) is 22.8 Å². The van der Waals surface area contributed by atoms with Crippen LogP contribution in [0.15, 0.2) is 42.5 Å². The molecule has 0 bridgehead atoms. The molecule has 0 amide bonds. The number of hydrogen-bond acceptors (Lipinski definition) is 4. The van der Waals surface area contributed by atoms with Gasteiger partial charge in [0.15, 0.2) is 11.6 Å². The largest absolute Gasteiger partial charge is 0.429 e. The van der Waals surface area contributed by atoms with Crippen LogP contribution in [-0.4, -0.2) is 21.7 Å². The number of hydrogen-bond donors (Lipinski definition) is 1. The minimum Gasteiger partial charge on any atom is -0.429 e. The molecule has 128 valence electrons. The highest BCUT2D eigenvalue weighted by Gasteiger charge is 2.31. The van der Waals surface area contributed by atoms with Gasteiger partial charge in [0.1, 0.15) is 5.75 Å². The van der Waals surface area contributed by atoms with Crippen molar-refractivity contribution in [1.82, 2.24) is 15.2 Å². The monoisotopic (exact) mass is 367 g/mol. The van der Waals surface area contributed by atoms with Gasteiger partial charge in [0.2, 0.25) is 0 Å². The molecule has 25 heavy (non-hydrogen) atoms. The molecule has 3 aromatic rings. The predicted molar refractivity (Wildman–Crippen MR) is 84.0 cm³/mol. The molecule has 1 aromatic heterocycles. The lowest BCUT2D eigenvalue weighted by Gasteiger charge is -2.08. The Morgan fingerprint density at radius 1 is 1.12 bits per heavy atom. The van der Waals surface area contributed by atoms with Gasteiger partial charge in [-0.1, -0.05) is 11.6 Å². The molecule has 0 saturated heterocycles. The second kappa shape index (κ2) is 6.56. The highest BCUT2D eigenvalue weighted by Crippen LogP contribution is 2.35. The van der Waals surface area contributed by atoms with Crippen LogP contribution >= 0.6 is 11.6 Å². The lowest BCUT2D eigenvalue weighted by molar-refractivity contribution is -0.137. The van der Waals surface area contributed by atoms with Crippen molar-refractivity contribution in [3.63, 3.8) is 0 Å². The first-order valence-corrected chi connectivity index (χ1v) is 7.26. The molecule has 5 nitrogen and oxygen atoms in total. The fraction of sp³-hybridized carbons (Fsp3) is 0.0625. The number of aromatic amines is 1. The summed E-state index contributed by atoms with van der Waals surface area (Å²) < 4.78 is 43.3. The average Bonchev–Trinajstić information content (AvgIpc) is 3.05. The number of aromatic nitrogens is 3. The van der Waals surface area contributed by atoms with Gasteiger partial charge in [-0.25, -0.2) is 4.98 Å². The van der Waals surface area contributed by atoms with Gasteiger partial charge in [-0.2, -0.15) is 18.3 Å². The number of alkyl halides is 3. The molecule has 0 unspecified atom stereocenters. The van der Waals surface area contributed by atoms with Crippen LogP contribution in [0.4, 0.5) is 13.2 Å². The molecule has 1 N–H and O–H groups in total. The van der Waals surface area contributed by atoms with Crippen LogP contribution in [0, 0.1) is 0 Å². The number of halogens is 4. The zero-order valence-electron chi connectivity index (χ0n) is 12.3. The van der Waals surface area contributed by atoms with Gasteiger partial charge in [-0.05, 0) is 42.5 Å². The van der Waals surface area contributed by atoms with Crippen LogP contribution in [0.2, 0.25) is 5.02 Å². The lowest BCUT2D eigenvalue weighted by atomic mass is 10.1. The highest BCUT2D eigenvalue weighted by atomic mass is 35.5. The number of benzene rings is 2. The lowest BCUT2D eigenvalue weighted by Crippen LogP contribution is -2.05. The summed E-state index contributed by atoms with van der Waals surface area (Å²) in [4.78, 5) is 14.5. The molecule has 0 atom stereocenters. The SMILES string of the molecule is O=COc1ccc(-c2n[nH]c(-c3cc(C(F)(F)F)ccc3Cl)n2)cc1. The number of rotatable bonds is 4. The third kappa shape index (κ3) is 3.63. The Bertz CT molecular complexity index is 908. The second-order valence-electron chi connectivity index (χ2n) is 4.94. The normalized spacial score (nSPS) is 11.4. The molecular formula is C16H9ClF3N3O2. The number of nitrogens with one attached hydrogen (secondary N) is 1. The van der Waals surface area contributed by atoms with E-state index in [-0.39, 0.29) is 22.2 Å². The number of nitrogens with zero attached hydrogens (tertiary/aromatic N) is 2. The molecule has 1 heterocycles. The predicted octanol–water partition coefficient (Wildman–Crippen LogP) is 4.35. The highest BCUT2D eigenvalue weighted by molar-refractivity contribution is 6.33. The maximum Gasteiger partial charge on any atom is 0.416 e. The van der Waals surface area contributed by atoms with Gasteiger partial charge in [0, 0.05) is 11.1 Å². The maximum atomic E-state index is 12.9. The molecule has 0 aliphatic heterocycles. The minimum absolute atomic E-state index is 0.0937. The molecule has 0 saturated carbocycles. The molecule has 3 rings (SSSR count). The Morgan fingerprint density at radius 2 is 1.84 bits per heavy atom. The zero-order valence-corrected chi connectivity index (χ0v) is 13.1. The molecule has 9 heteroatoms. The Morgan fingerprint density at radius 3 is 2.48 bits per heavy atom. The summed E-state index contributed by atoms with van der Waals surface area (Å²) in [5.41, 5.74) is -0.153. The van der Waals surface area contributed by atoms with E-state index < -0.39 is 11.7 Å². The Kier molecular flexibility index (Phi) is 4.45. The summed E-state index contributed by atoms with van der Waals surface area (Å²) in [5, 5.41) is 6.68. The van der Waals surface area contributed by atoms with Crippen LogP contribution < -0.4 is 4.74 Å². The standard InChI is InChI=1S/C16H9ClF3N3O2/c17-13-6-3-10(16(18,19)20)7-12(13)15-21-14(22-23-15)9-1-4-11(5-2-9)25-8-24/h1-8H,(H,21,22,23). The Labute approximate surface area is 144 Å². The van der Waals surface area contributed by atoms with Crippen molar-refractivity contribution >= 4 is 18.1 Å². The first kappa shape index (κ1) is 17.0. The fourth-order valence-corrected chi connectivity index (χ4v) is 2.34. The smallest absolute Gasteiger partial charge is 0.416 e. The van der Waals surface area contributed by atoms with Crippen molar-refractivity contribution in [3.8, 4) is 28.5 Å². The number of H-pyrrole nitrogens is 1. The summed E-state index contributed by atoms with van der Waals surface area (Å²) in [7, 11) is 0. The van der Waals surface area contributed by atoms with E-state index in [0.717, 1.165) is 18.2 Å². The Hall–Kier alpha value is -2.87. The molecule has 2 aromatic carbocycles. The van der Waals surface area contributed by atoms with Gasteiger partial charge in [0.05, 0.1) is 10.6 Å². The molecule has 0 spiro atoms. The molecular weight excluding hydrogens is 359 g/mol. The van der Waals surface area contributed by atoms with Crippen molar-refractivity contribution in [1.29, 1.82) is 0 Å². The number of carbonyl (C=O) groups is 1. The van der Waals surface area contributed by atoms with E-state index in [2.05, 4.69) is 19.9 Å². The van der Waals surface area contributed by atoms with Gasteiger partial charge < -0.3 is 4.74 Å². The molecule has 0 aliphatic carbocycles. The number of carbonyl (C=O) groups excluding carboxylic acids is 1. The summed E-state index contributed by atoms with van der Waals surface area (Å²) in [5.74, 6) is 0.718. The van der Waals surface area contributed by atoms with Gasteiger partial charge in [-0.15, -0.1) is 0 Å². The summed E-state index contributed by atoms with van der Waals surface area (Å²) in [6, 6.07) is 9.27. The average molecular weight is 368 g/mol. The van der Waals surface area contributed by atoms with E-state index in [1.54, 1.807) is 12.1 Å². The molecule has 0 aliphatic rings. The van der Waals surface area contributed by atoms with Crippen molar-refractivity contribution in [2.45, 2.75) is 6.18 Å². The zero-order chi connectivity index (χ0) is 18.0. The van der Waals surface area contributed by atoms with Crippen molar-refractivity contribution in [2.75, 3.05) is 0 Å². The first-order valence-electron chi connectivity index (χ1n) is 6.89. The summed E-state index contributed by atoms with van der Waals surface area (Å²) >= 11 is 5.99. The van der Waals surface area contributed by atoms with E-state index in [0.29, 0.717) is 17.8 Å². The minimum atomic E-state index is -4.49. The summed E-state index contributed by atoms with van der Waals surface area (Å²) in [6.45, 7) is 0.301. The third-order valence-electron chi connectivity index (χ3n) is 3.33. The second-order valence-corrected chi connectivity index (χ2v) is 5.35. The van der Waals surface area contributed by atoms with Gasteiger partial charge in [0.25, 0.3) is 6.47 Å². The van der Waals surface area contributed by atoms with Crippen LogP contribution in [0.5, 0.6) is 5.75 Å². The van der Waals surface area contributed by atoms with E-state index in [4.69, 9.17) is 11.6 Å². The maximum absolute atomic E-state index is 12.9. The van der Waals surface area contributed by atoms with Crippen molar-refractivity contribution < 1.29 is 22.7 Å². The van der Waals surface area contributed by atoms with Crippen molar-refractivity contribution in [3.05, 3.63) is 53.1 Å². The van der Waals surface area contributed by atoms with Crippen molar-refractivity contribution in [2.24, 2.45) is 0 Å². The topological polar surface area (TPSA) is 67.9 Å². The first-order chi connectivity index (χ1) is 11.9. The quantitative estimate of drug-likeness (QED) is 0.696. The van der Waals surface area contributed by atoms with Crippen LogP contribution in [0.3, 0.4) is 0 Å². The third-order valence-corrected chi connectivity index (χ3v) is 3.66. The Balaban J connectivity index is 1.95. The number of ether oxygens (including phenoxy) is 1. The van der Waals surface area contributed by atoms with E-state index in [1.807, 2.05) is 0 Å². The molecule has 0 radical (unpaired) electrons. The van der Waals surface area contributed by atoms with Gasteiger partial charge >= 0.3 is 6.18 Å². The van der Waals surface area contributed by atoms with Gasteiger partial charge in [-0.3, -0.25) is 9.89 Å². The van der Waals surface area contributed by atoms with Crippen LogP contribution in [0.1, 0.15) is 5.56 Å². The summed E-state index contributed by atoms with van der Waals surface area (Å²) in [6.07, 6.45) is -4.49. The molecule has 0 fully saturated rings.